The monoisotopic (exact) mass is 351 g/mol. The number of likely N-dealkylation sites (N-methyl/N-ethyl adjacent to an activating group) is 1. The van der Waals surface area contributed by atoms with Crippen molar-refractivity contribution in [3.05, 3.63) is 65.2 Å². The van der Waals surface area contributed by atoms with Gasteiger partial charge in [-0.1, -0.05) is 37.3 Å². The van der Waals surface area contributed by atoms with Gasteiger partial charge in [-0.2, -0.15) is 0 Å². The van der Waals surface area contributed by atoms with Crippen LogP contribution in [0.3, 0.4) is 0 Å². The van der Waals surface area contributed by atoms with Crippen LogP contribution in [-0.4, -0.2) is 31.3 Å². The van der Waals surface area contributed by atoms with Crippen LogP contribution in [0.15, 0.2) is 48.5 Å². The molecule has 0 bridgehead atoms. The molecule has 0 aliphatic carbocycles. The molecule has 0 aromatic heterocycles. The highest BCUT2D eigenvalue weighted by Crippen LogP contribution is 2.28. The lowest BCUT2D eigenvalue weighted by Crippen LogP contribution is -2.20. The summed E-state index contributed by atoms with van der Waals surface area (Å²) < 4.78 is 5.15. The van der Waals surface area contributed by atoms with E-state index in [1.807, 2.05) is 37.3 Å². The Hall–Kier alpha value is -2.95. The Bertz CT molecular complexity index is 844. The van der Waals surface area contributed by atoms with Crippen molar-refractivity contribution in [2.45, 2.75) is 25.7 Å². The molecule has 1 aliphatic heterocycles. The second kappa shape index (κ2) is 7.52. The van der Waals surface area contributed by atoms with Crippen LogP contribution >= 0.6 is 0 Å². The largest absolute Gasteiger partial charge is 0.457 e. The van der Waals surface area contributed by atoms with Crippen LogP contribution in [-0.2, 0) is 20.7 Å². The number of ketones is 1. The number of fused-ring (bicyclic) bond motifs is 1. The summed E-state index contributed by atoms with van der Waals surface area (Å²) in [4.78, 5) is 37.6. The van der Waals surface area contributed by atoms with Crippen molar-refractivity contribution >= 4 is 23.3 Å². The summed E-state index contributed by atoms with van der Waals surface area (Å²) in [5, 5.41) is 0. The second-order valence-electron chi connectivity index (χ2n) is 6.57. The van der Waals surface area contributed by atoms with Crippen LogP contribution in [0.1, 0.15) is 40.7 Å². The molecule has 0 N–H and O–H groups in total. The molecule has 5 heteroatoms. The first-order chi connectivity index (χ1) is 12.5. The van der Waals surface area contributed by atoms with Crippen molar-refractivity contribution in [3.63, 3.8) is 0 Å². The lowest BCUT2D eigenvalue weighted by molar-refractivity contribution is -0.142. The highest BCUT2D eigenvalue weighted by molar-refractivity contribution is 6.03. The van der Waals surface area contributed by atoms with Gasteiger partial charge < -0.3 is 9.64 Å². The number of amides is 1. The minimum absolute atomic E-state index is 0.00549. The van der Waals surface area contributed by atoms with Gasteiger partial charge in [0.05, 0.1) is 12.8 Å². The summed E-state index contributed by atoms with van der Waals surface area (Å²) in [7, 11) is 1.71. The van der Waals surface area contributed by atoms with Crippen LogP contribution in [0.4, 0.5) is 5.69 Å². The standard InChI is InChI=1S/C21H21NO4/c1-14(15-6-4-3-5-7-15)10-21(25)26-13-19(23)16-8-9-18-17(11-16)12-20(24)22(18)2/h3-9,11,14H,10,12-13H2,1-2H3/t14-/m0/s1. The van der Waals surface area contributed by atoms with E-state index in [0.717, 1.165) is 16.8 Å². The Kier molecular flexibility index (Phi) is 5.16. The molecular weight excluding hydrogens is 330 g/mol. The molecule has 0 unspecified atom stereocenters. The number of esters is 1. The number of benzene rings is 2. The minimum atomic E-state index is -0.397. The Morgan fingerprint density at radius 1 is 1.15 bits per heavy atom. The van der Waals surface area contributed by atoms with Gasteiger partial charge in [-0.15, -0.1) is 0 Å². The van der Waals surface area contributed by atoms with Crippen molar-refractivity contribution in [1.82, 2.24) is 0 Å². The maximum Gasteiger partial charge on any atom is 0.306 e. The van der Waals surface area contributed by atoms with Crippen LogP contribution in [0.25, 0.3) is 0 Å². The van der Waals surface area contributed by atoms with E-state index in [0.29, 0.717) is 12.0 Å². The molecule has 1 heterocycles. The summed E-state index contributed by atoms with van der Waals surface area (Å²) in [5.41, 5.74) is 3.16. The second-order valence-corrected chi connectivity index (χ2v) is 6.57. The number of rotatable bonds is 6. The number of nitrogens with zero attached hydrogens (tertiary/aromatic N) is 1. The van der Waals surface area contributed by atoms with Crippen LogP contribution in [0, 0.1) is 0 Å². The van der Waals surface area contributed by atoms with Gasteiger partial charge >= 0.3 is 5.97 Å². The van der Waals surface area contributed by atoms with Crippen LogP contribution in [0.5, 0.6) is 0 Å². The highest BCUT2D eigenvalue weighted by Gasteiger charge is 2.25. The number of hydrogen-bond acceptors (Lipinski definition) is 4. The Balaban J connectivity index is 1.55. The van der Waals surface area contributed by atoms with E-state index >= 15 is 0 Å². The van der Waals surface area contributed by atoms with E-state index in [4.69, 9.17) is 4.74 Å². The highest BCUT2D eigenvalue weighted by atomic mass is 16.5. The fourth-order valence-electron chi connectivity index (χ4n) is 3.08. The van der Waals surface area contributed by atoms with Gasteiger partial charge in [-0.05, 0) is 35.2 Å². The van der Waals surface area contributed by atoms with E-state index in [-0.39, 0.29) is 30.6 Å². The molecule has 134 valence electrons. The van der Waals surface area contributed by atoms with Crippen molar-refractivity contribution in [1.29, 1.82) is 0 Å². The molecule has 0 radical (unpaired) electrons. The minimum Gasteiger partial charge on any atom is -0.457 e. The summed E-state index contributed by atoms with van der Waals surface area (Å²) in [6.45, 7) is 1.66. The number of carbonyl (C=O) groups excluding carboxylic acids is 3. The van der Waals surface area contributed by atoms with Crippen molar-refractivity contribution < 1.29 is 19.1 Å². The first-order valence-electron chi connectivity index (χ1n) is 8.59. The summed E-state index contributed by atoms with van der Waals surface area (Å²) in [6.07, 6.45) is 0.516. The van der Waals surface area contributed by atoms with E-state index in [2.05, 4.69) is 0 Å². The summed E-state index contributed by atoms with van der Waals surface area (Å²) in [5.74, 6) is -0.632. The fraction of sp³-hybridized carbons (Fsp3) is 0.286. The zero-order valence-electron chi connectivity index (χ0n) is 14.9. The third-order valence-corrected chi connectivity index (χ3v) is 4.68. The van der Waals surface area contributed by atoms with E-state index in [9.17, 15) is 14.4 Å². The van der Waals surface area contributed by atoms with Gasteiger partial charge in [-0.25, -0.2) is 0 Å². The number of anilines is 1. The maximum absolute atomic E-state index is 12.3. The maximum atomic E-state index is 12.3. The molecule has 5 nitrogen and oxygen atoms in total. The molecule has 0 saturated heterocycles. The third kappa shape index (κ3) is 3.82. The Morgan fingerprint density at radius 2 is 1.88 bits per heavy atom. The third-order valence-electron chi connectivity index (χ3n) is 4.68. The van der Waals surface area contributed by atoms with Crippen molar-refractivity contribution in [2.24, 2.45) is 0 Å². The quantitative estimate of drug-likeness (QED) is 0.592. The normalized spacial score (nSPS) is 14.1. The van der Waals surface area contributed by atoms with Gasteiger partial charge in [0, 0.05) is 18.3 Å². The zero-order valence-corrected chi connectivity index (χ0v) is 14.9. The SMILES string of the molecule is C[C@@H](CC(=O)OCC(=O)c1ccc2c(c1)CC(=O)N2C)c1ccccc1. The number of ether oxygens (including phenoxy) is 1. The van der Waals surface area contributed by atoms with Gasteiger partial charge in [0.15, 0.2) is 12.4 Å². The zero-order chi connectivity index (χ0) is 18.7. The van der Waals surface area contributed by atoms with Crippen LogP contribution in [0.2, 0.25) is 0 Å². The van der Waals surface area contributed by atoms with Gasteiger partial charge in [0.2, 0.25) is 5.91 Å². The molecule has 0 fully saturated rings. The Labute approximate surface area is 152 Å². The van der Waals surface area contributed by atoms with E-state index < -0.39 is 5.97 Å². The predicted molar refractivity (Wildman–Crippen MR) is 98.3 cm³/mol. The molecule has 1 aliphatic rings. The molecule has 3 rings (SSSR count). The summed E-state index contributed by atoms with van der Waals surface area (Å²) in [6, 6.07) is 14.8. The molecular formula is C21H21NO4. The topological polar surface area (TPSA) is 63.7 Å². The number of hydrogen-bond donors (Lipinski definition) is 0. The van der Waals surface area contributed by atoms with Gasteiger partial charge in [0.25, 0.3) is 0 Å². The average molecular weight is 351 g/mol. The molecule has 0 spiro atoms. The molecule has 1 amide bonds. The number of carbonyl (C=O) groups is 3. The van der Waals surface area contributed by atoms with Crippen LogP contribution < -0.4 is 4.90 Å². The predicted octanol–water partition coefficient (Wildman–Crippen LogP) is 3.13. The van der Waals surface area contributed by atoms with Gasteiger partial charge in [-0.3, -0.25) is 14.4 Å². The molecule has 1 atom stereocenters. The molecule has 26 heavy (non-hydrogen) atoms. The lowest BCUT2D eigenvalue weighted by atomic mass is 9.98. The first kappa shape index (κ1) is 17.9. The number of Topliss-reactive ketones (excluding diaryl/α,β-unsaturated/α-hetero) is 1. The van der Waals surface area contributed by atoms with E-state index in [1.165, 1.54) is 0 Å². The molecule has 2 aromatic rings. The molecule has 0 saturated carbocycles. The average Bonchev–Trinajstić information content (AvgIpc) is 2.94. The van der Waals surface area contributed by atoms with E-state index in [1.54, 1.807) is 30.1 Å². The fourth-order valence-corrected chi connectivity index (χ4v) is 3.08. The Morgan fingerprint density at radius 3 is 2.62 bits per heavy atom. The van der Waals surface area contributed by atoms with Crippen molar-refractivity contribution in [2.75, 3.05) is 18.6 Å². The van der Waals surface area contributed by atoms with Crippen molar-refractivity contribution in [3.8, 4) is 0 Å². The molecule has 2 aromatic carbocycles. The lowest BCUT2D eigenvalue weighted by Gasteiger charge is -2.12. The smallest absolute Gasteiger partial charge is 0.306 e. The summed E-state index contributed by atoms with van der Waals surface area (Å²) >= 11 is 0. The van der Waals surface area contributed by atoms with Gasteiger partial charge in [0.1, 0.15) is 0 Å². The first-order valence-corrected chi connectivity index (χ1v) is 8.59.